The Balaban J connectivity index is 1.57. The molecule has 148 valence electrons. The molecule has 2 atom stereocenters. The molecular weight excluding hydrogens is 411 g/mol. The highest BCUT2D eigenvalue weighted by molar-refractivity contribution is 6.42. The van der Waals surface area contributed by atoms with Crippen LogP contribution in [0.4, 0.5) is 16.6 Å². The number of hydrogen-bond donors (Lipinski definition) is 1. The van der Waals surface area contributed by atoms with Gasteiger partial charge in [0, 0.05) is 6.20 Å². The average molecular weight is 429 g/mol. The summed E-state index contributed by atoms with van der Waals surface area (Å²) in [4.78, 5) is 22.7. The zero-order chi connectivity index (χ0) is 20.4. The number of hydrogen-bond acceptors (Lipinski definition) is 5. The zero-order valence-corrected chi connectivity index (χ0v) is 17.1. The second-order valence-corrected chi connectivity index (χ2v) is 7.47. The molecule has 1 N–H and O–H groups in total. The summed E-state index contributed by atoms with van der Waals surface area (Å²) in [5, 5.41) is 4.22. The Bertz CT molecular complexity index is 1030. The third-order valence-corrected chi connectivity index (χ3v) is 5.47. The summed E-state index contributed by atoms with van der Waals surface area (Å²) in [7, 11) is 0. The zero-order valence-electron chi connectivity index (χ0n) is 15.5. The molecule has 4 rings (SSSR count). The molecule has 1 aliphatic rings. The van der Waals surface area contributed by atoms with E-state index in [0.29, 0.717) is 21.8 Å². The summed E-state index contributed by atoms with van der Waals surface area (Å²) in [6.07, 6.45) is 1.18. The maximum Gasteiger partial charge on any atom is 0.416 e. The van der Waals surface area contributed by atoms with Gasteiger partial charge < -0.3 is 10.1 Å². The van der Waals surface area contributed by atoms with Crippen molar-refractivity contribution in [1.82, 2.24) is 9.97 Å². The molecule has 8 heteroatoms. The van der Waals surface area contributed by atoms with Crippen molar-refractivity contribution in [2.24, 2.45) is 0 Å². The predicted molar refractivity (Wildman–Crippen MR) is 114 cm³/mol. The van der Waals surface area contributed by atoms with E-state index in [-0.39, 0.29) is 18.7 Å². The molecule has 0 aliphatic carbocycles. The van der Waals surface area contributed by atoms with Crippen LogP contribution in [0.2, 0.25) is 10.0 Å². The molecule has 1 aliphatic heterocycles. The van der Waals surface area contributed by atoms with Gasteiger partial charge in [0.25, 0.3) is 0 Å². The number of rotatable bonds is 5. The van der Waals surface area contributed by atoms with Crippen molar-refractivity contribution in [3.05, 3.63) is 82.0 Å². The van der Waals surface area contributed by atoms with Crippen LogP contribution in [-0.4, -0.2) is 22.7 Å². The van der Waals surface area contributed by atoms with Crippen molar-refractivity contribution in [2.45, 2.75) is 19.0 Å². The highest BCUT2D eigenvalue weighted by Crippen LogP contribution is 2.32. The number of aromatic nitrogens is 2. The van der Waals surface area contributed by atoms with Crippen LogP contribution >= 0.6 is 23.2 Å². The van der Waals surface area contributed by atoms with E-state index in [9.17, 15) is 4.79 Å². The van der Waals surface area contributed by atoms with E-state index in [4.69, 9.17) is 27.9 Å². The number of carbonyl (C=O) groups is 1. The van der Waals surface area contributed by atoms with Gasteiger partial charge in [-0.05, 0) is 36.2 Å². The number of amides is 1. The molecule has 2 unspecified atom stereocenters. The lowest BCUT2D eigenvalue weighted by molar-refractivity contribution is 0.179. The lowest BCUT2D eigenvalue weighted by atomic mass is 10.1. The fourth-order valence-electron chi connectivity index (χ4n) is 3.21. The minimum atomic E-state index is -0.430. The molecular formula is C21H18Cl2N4O2. The lowest BCUT2D eigenvalue weighted by Gasteiger charge is -2.21. The maximum atomic E-state index is 12.4. The lowest BCUT2D eigenvalue weighted by Crippen LogP contribution is -2.28. The molecule has 0 spiro atoms. The number of cyclic esters (lactones) is 1. The Morgan fingerprint density at radius 2 is 1.93 bits per heavy atom. The molecule has 0 saturated carbocycles. The standard InChI is InChI=1S/C21H18Cl2N4O2/c1-13(15-7-8-16(22)17(23)11-15)25-20-24-10-9-19(26-20)27-18(12-29-21(27)28)14-5-3-2-4-6-14/h2-11,13,18H,12H2,1H3,(H,24,25,26). The van der Waals surface area contributed by atoms with Gasteiger partial charge in [-0.1, -0.05) is 59.6 Å². The van der Waals surface area contributed by atoms with Crippen LogP contribution in [0.15, 0.2) is 60.8 Å². The second-order valence-electron chi connectivity index (χ2n) is 6.65. The smallest absolute Gasteiger partial charge is 0.416 e. The summed E-state index contributed by atoms with van der Waals surface area (Å²) < 4.78 is 5.28. The average Bonchev–Trinajstić information content (AvgIpc) is 3.12. The first-order valence-corrected chi connectivity index (χ1v) is 9.84. The molecule has 2 aromatic carbocycles. The topological polar surface area (TPSA) is 67.4 Å². The largest absolute Gasteiger partial charge is 0.447 e. The van der Waals surface area contributed by atoms with Crippen molar-refractivity contribution in [3.8, 4) is 0 Å². The first-order chi connectivity index (χ1) is 14.0. The Labute approximate surface area is 178 Å². The van der Waals surface area contributed by atoms with Crippen LogP contribution in [0, 0.1) is 0 Å². The van der Waals surface area contributed by atoms with Gasteiger partial charge >= 0.3 is 6.09 Å². The first-order valence-electron chi connectivity index (χ1n) is 9.08. The molecule has 1 saturated heterocycles. The van der Waals surface area contributed by atoms with Gasteiger partial charge in [-0.15, -0.1) is 0 Å². The van der Waals surface area contributed by atoms with Gasteiger partial charge in [0.15, 0.2) is 0 Å². The molecule has 1 aromatic heterocycles. The van der Waals surface area contributed by atoms with Gasteiger partial charge in [-0.3, -0.25) is 4.90 Å². The monoisotopic (exact) mass is 428 g/mol. The molecule has 2 heterocycles. The summed E-state index contributed by atoms with van der Waals surface area (Å²) in [5.74, 6) is 0.868. The predicted octanol–water partition coefficient (Wildman–Crippen LogP) is 5.65. The van der Waals surface area contributed by atoms with Crippen LogP contribution in [-0.2, 0) is 4.74 Å². The third kappa shape index (κ3) is 4.13. The Kier molecular flexibility index (Phi) is 5.56. The van der Waals surface area contributed by atoms with Crippen molar-refractivity contribution in [3.63, 3.8) is 0 Å². The van der Waals surface area contributed by atoms with Crippen molar-refractivity contribution in [2.75, 3.05) is 16.8 Å². The molecule has 1 amide bonds. The molecule has 1 fully saturated rings. The fraction of sp³-hybridized carbons (Fsp3) is 0.190. The number of ether oxygens (including phenoxy) is 1. The Hall–Kier alpha value is -2.83. The van der Waals surface area contributed by atoms with E-state index >= 15 is 0 Å². The quantitative estimate of drug-likeness (QED) is 0.567. The van der Waals surface area contributed by atoms with Crippen molar-refractivity contribution in [1.29, 1.82) is 0 Å². The van der Waals surface area contributed by atoms with Crippen LogP contribution in [0.5, 0.6) is 0 Å². The first kappa shape index (κ1) is 19.5. The summed E-state index contributed by atoms with van der Waals surface area (Å²) in [6.45, 7) is 2.24. The van der Waals surface area contributed by atoms with Crippen LogP contribution < -0.4 is 10.2 Å². The second kappa shape index (κ2) is 8.27. The summed E-state index contributed by atoms with van der Waals surface area (Å²) in [5.41, 5.74) is 1.92. The van der Waals surface area contributed by atoms with Crippen LogP contribution in [0.25, 0.3) is 0 Å². The van der Waals surface area contributed by atoms with Gasteiger partial charge in [0.05, 0.1) is 16.1 Å². The normalized spacial score (nSPS) is 17.1. The van der Waals surface area contributed by atoms with Crippen molar-refractivity contribution >= 4 is 41.1 Å². The molecule has 0 radical (unpaired) electrons. The number of nitrogens with zero attached hydrogens (tertiary/aromatic N) is 3. The Morgan fingerprint density at radius 1 is 1.14 bits per heavy atom. The van der Waals surface area contributed by atoms with Gasteiger partial charge in [-0.25, -0.2) is 9.78 Å². The van der Waals surface area contributed by atoms with E-state index < -0.39 is 6.09 Å². The van der Waals surface area contributed by atoms with E-state index in [0.717, 1.165) is 11.1 Å². The summed E-state index contributed by atoms with van der Waals surface area (Å²) in [6, 6.07) is 16.5. The molecule has 29 heavy (non-hydrogen) atoms. The van der Waals surface area contributed by atoms with E-state index in [1.165, 1.54) is 0 Å². The van der Waals surface area contributed by atoms with Gasteiger partial charge in [0.2, 0.25) is 5.95 Å². The maximum absolute atomic E-state index is 12.4. The Morgan fingerprint density at radius 3 is 2.69 bits per heavy atom. The van der Waals surface area contributed by atoms with E-state index in [1.807, 2.05) is 43.3 Å². The number of nitrogens with one attached hydrogen (secondary N) is 1. The minimum absolute atomic E-state index is 0.115. The fourth-order valence-corrected chi connectivity index (χ4v) is 3.51. The van der Waals surface area contributed by atoms with Crippen LogP contribution in [0.3, 0.4) is 0 Å². The number of anilines is 2. The van der Waals surface area contributed by atoms with E-state index in [2.05, 4.69) is 15.3 Å². The minimum Gasteiger partial charge on any atom is -0.447 e. The summed E-state index contributed by atoms with van der Waals surface area (Å²) >= 11 is 12.1. The SMILES string of the molecule is CC(Nc1nccc(N2C(=O)OCC2c2ccccc2)n1)c1ccc(Cl)c(Cl)c1. The highest BCUT2D eigenvalue weighted by atomic mass is 35.5. The van der Waals surface area contributed by atoms with Crippen LogP contribution in [0.1, 0.15) is 30.1 Å². The van der Waals surface area contributed by atoms with Crippen molar-refractivity contribution < 1.29 is 9.53 Å². The highest BCUT2D eigenvalue weighted by Gasteiger charge is 2.36. The van der Waals surface area contributed by atoms with Gasteiger partial charge in [-0.2, -0.15) is 4.98 Å². The molecule has 3 aromatic rings. The molecule has 6 nitrogen and oxygen atoms in total. The number of carbonyl (C=O) groups excluding carboxylic acids is 1. The van der Waals surface area contributed by atoms with E-state index in [1.54, 1.807) is 29.3 Å². The molecule has 0 bridgehead atoms. The third-order valence-electron chi connectivity index (χ3n) is 4.73. The number of benzene rings is 2. The van der Waals surface area contributed by atoms with Gasteiger partial charge in [0.1, 0.15) is 18.5 Å². The number of halogens is 2.